The van der Waals surface area contributed by atoms with Crippen LogP contribution in [0.5, 0.6) is 5.75 Å². The highest BCUT2D eigenvalue weighted by Crippen LogP contribution is 2.35. The van der Waals surface area contributed by atoms with Crippen molar-refractivity contribution in [3.63, 3.8) is 0 Å². The monoisotopic (exact) mass is 344 g/mol. The molecule has 120 valence electrons. The van der Waals surface area contributed by atoms with Crippen LogP contribution in [0.1, 0.15) is 0 Å². The first-order valence-corrected chi connectivity index (χ1v) is 7.91. The van der Waals surface area contributed by atoms with Crippen LogP contribution in [0.4, 0.5) is 8.78 Å². The van der Waals surface area contributed by atoms with Crippen LogP contribution >= 0.6 is 11.3 Å². The van der Waals surface area contributed by atoms with Gasteiger partial charge in [-0.2, -0.15) is 8.78 Å². The molecule has 4 nitrogen and oxygen atoms in total. The van der Waals surface area contributed by atoms with E-state index < -0.39 is 6.61 Å². The van der Waals surface area contributed by atoms with E-state index in [-0.39, 0.29) is 5.75 Å². The molecule has 0 spiro atoms. The van der Waals surface area contributed by atoms with Gasteiger partial charge in [0, 0.05) is 29.6 Å². The maximum absolute atomic E-state index is 12.2. The van der Waals surface area contributed by atoms with Crippen molar-refractivity contribution in [2.24, 2.45) is 0 Å². The van der Waals surface area contributed by atoms with Crippen LogP contribution in [0.15, 0.2) is 58.7 Å². The Bertz CT molecular complexity index is 966. The molecule has 0 N–H and O–H groups in total. The van der Waals surface area contributed by atoms with Gasteiger partial charge in [0.1, 0.15) is 17.0 Å². The summed E-state index contributed by atoms with van der Waals surface area (Å²) in [6.45, 7) is -2.84. The summed E-state index contributed by atoms with van der Waals surface area (Å²) >= 11 is 1.52. The first-order chi connectivity index (χ1) is 11.7. The second-order valence-corrected chi connectivity index (χ2v) is 5.84. The first kappa shape index (κ1) is 14.8. The van der Waals surface area contributed by atoms with Crippen LogP contribution in [0.25, 0.3) is 32.9 Å². The Morgan fingerprint density at radius 1 is 1.12 bits per heavy atom. The average Bonchev–Trinajstić information content (AvgIpc) is 3.24. The van der Waals surface area contributed by atoms with E-state index in [1.165, 1.54) is 23.5 Å². The molecular formula is C17H10F2N2O2S. The third-order valence-electron chi connectivity index (χ3n) is 3.47. The summed E-state index contributed by atoms with van der Waals surface area (Å²) in [5, 5.41) is 0. The van der Waals surface area contributed by atoms with Gasteiger partial charge in [-0.15, -0.1) is 11.3 Å². The lowest BCUT2D eigenvalue weighted by Gasteiger charge is -2.04. The van der Waals surface area contributed by atoms with E-state index in [2.05, 4.69) is 14.7 Å². The largest absolute Gasteiger partial charge is 0.454 e. The van der Waals surface area contributed by atoms with Crippen LogP contribution in [0.2, 0.25) is 0 Å². The Labute approximate surface area is 139 Å². The van der Waals surface area contributed by atoms with E-state index >= 15 is 0 Å². The highest BCUT2D eigenvalue weighted by molar-refractivity contribution is 7.13. The van der Waals surface area contributed by atoms with E-state index in [1.54, 1.807) is 30.0 Å². The van der Waals surface area contributed by atoms with Crippen LogP contribution in [-0.4, -0.2) is 16.6 Å². The highest BCUT2D eigenvalue weighted by atomic mass is 32.1. The summed E-state index contributed by atoms with van der Waals surface area (Å²) in [7, 11) is 0. The molecule has 24 heavy (non-hydrogen) atoms. The fourth-order valence-corrected chi connectivity index (χ4v) is 3.07. The minimum Gasteiger partial charge on any atom is -0.454 e. The molecule has 7 heteroatoms. The van der Waals surface area contributed by atoms with Crippen molar-refractivity contribution in [1.82, 2.24) is 9.97 Å². The lowest BCUT2D eigenvalue weighted by Crippen LogP contribution is -2.01. The van der Waals surface area contributed by atoms with Crippen LogP contribution in [0, 0.1) is 0 Å². The van der Waals surface area contributed by atoms with Gasteiger partial charge in [-0.05, 0) is 30.3 Å². The quantitative estimate of drug-likeness (QED) is 0.509. The number of rotatable bonds is 4. The standard InChI is InChI=1S/C17H10F2N2O2S/c18-17(19)22-11-3-1-10(2-4-11)14-7-13-16(23-14)12(5-6-21-13)15-8-20-9-24-15/h1-9,17H. The molecule has 4 rings (SSSR count). The van der Waals surface area contributed by atoms with Crippen LogP contribution in [-0.2, 0) is 0 Å². The number of aromatic nitrogens is 2. The number of nitrogens with zero attached hydrogens (tertiary/aromatic N) is 2. The lowest BCUT2D eigenvalue weighted by molar-refractivity contribution is -0.0498. The van der Waals surface area contributed by atoms with Crippen molar-refractivity contribution in [3.8, 4) is 27.5 Å². The topological polar surface area (TPSA) is 48.2 Å². The minimum atomic E-state index is -2.84. The van der Waals surface area contributed by atoms with Gasteiger partial charge in [-0.3, -0.25) is 9.97 Å². The van der Waals surface area contributed by atoms with Crippen molar-refractivity contribution >= 4 is 22.4 Å². The number of halogens is 2. The van der Waals surface area contributed by atoms with Gasteiger partial charge in [0.05, 0.1) is 10.4 Å². The van der Waals surface area contributed by atoms with Crippen molar-refractivity contribution in [2.75, 3.05) is 0 Å². The molecule has 3 heterocycles. The predicted octanol–water partition coefficient (Wildman–Crippen LogP) is 5.22. The highest BCUT2D eigenvalue weighted by Gasteiger charge is 2.13. The number of fused-ring (bicyclic) bond motifs is 1. The normalized spacial score (nSPS) is 11.3. The second kappa shape index (κ2) is 6.01. The molecule has 0 saturated heterocycles. The molecule has 4 aromatic rings. The van der Waals surface area contributed by atoms with Crippen LogP contribution < -0.4 is 4.74 Å². The molecule has 0 aliphatic rings. The third-order valence-corrected chi connectivity index (χ3v) is 4.28. The number of alkyl halides is 2. The van der Waals surface area contributed by atoms with E-state index in [0.29, 0.717) is 11.3 Å². The summed E-state index contributed by atoms with van der Waals surface area (Å²) in [4.78, 5) is 9.40. The van der Waals surface area contributed by atoms with Gasteiger partial charge in [-0.1, -0.05) is 0 Å². The Kier molecular flexibility index (Phi) is 3.70. The van der Waals surface area contributed by atoms with Crippen molar-refractivity contribution in [3.05, 3.63) is 54.3 Å². The lowest BCUT2D eigenvalue weighted by atomic mass is 10.1. The molecule has 1 aromatic carbocycles. The number of hydrogen-bond acceptors (Lipinski definition) is 5. The average molecular weight is 344 g/mol. The second-order valence-electron chi connectivity index (χ2n) is 4.95. The first-order valence-electron chi connectivity index (χ1n) is 7.03. The molecule has 0 saturated carbocycles. The molecule has 0 radical (unpaired) electrons. The Hall–Kier alpha value is -2.80. The van der Waals surface area contributed by atoms with Crippen molar-refractivity contribution < 1.29 is 17.9 Å². The zero-order valence-electron chi connectivity index (χ0n) is 12.1. The van der Waals surface area contributed by atoms with Gasteiger partial charge >= 0.3 is 6.61 Å². The molecule has 0 amide bonds. The maximum Gasteiger partial charge on any atom is 0.387 e. The van der Waals surface area contributed by atoms with Crippen molar-refractivity contribution in [2.45, 2.75) is 6.61 Å². The molecule has 0 fully saturated rings. The molecule has 3 aromatic heterocycles. The zero-order valence-corrected chi connectivity index (χ0v) is 13.0. The van der Waals surface area contributed by atoms with Crippen molar-refractivity contribution in [1.29, 1.82) is 0 Å². The van der Waals surface area contributed by atoms with Gasteiger partial charge in [0.2, 0.25) is 0 Å². The summed E-state index contributed by atoms with van der Waals surface area (Å²) in [6.07, 6.45) is 3.49. The van der Waals surface area contributed by atoms with E-state index in [1.807, 2.05) is 12.1 Å². The predicted molar refractivity (Wildman–Crippen MR) is 87.2 cm³/mol. The smallest absolute Gasteiger partial charge is 0.387 e. The van der Waals surface area contributed by atoms with Gasteiger partial charge < -0.3 is 9.15 Å². The summed E-state index contributed by atoms with van der Waals surface area (Å²) < 4.78 is 34.7. The third kappa shape index (κ3) is 2.74. The fourth-order valence-electron chi connectivity index (χ4n) is 2.42. The molecule has 0 aliphatic heterocycles. The molecule has 0 atom stereocenters. The van der Waals surface area contributed by atoms with Crippen LogP contribution in [0.3, 0.4) is 0 Å². The fraction of sp³-hybridized carbons (Fsp3) is 0.0588. The zero-order chi connectivity index (χ0) is 16.5. The Balaban J connectivity index is 1.74. The number of ether oxygens (including phenoxy) is 1. The van der Waals surface area contributed by atoms with E-state index in [4.69, 9.17) is 4.42 Å². The van der Waals surface area contributed by atoms with Gasteiger partial charge in [0.25, 0.3) is 0 Å². The number of pyridine rings is 1. The number of thiazole rings is 1. The summed E-state index contributed by atoms with van der Waals surface area (Å²) in [6, 6.07) is 9.99. The summed E-state index contributed by atoms with van der Waals surface area (Å²) in [5.74, 6) is 0.714. The van der Waals surface area contributed by atoms with E-state index in [0.717, 1.165) is 21.5 Å². The molecule has 0 aliphatic carbocycles. The molecular weight excluding hydrogens is 334 g/mol. The SMILES string of the molecule is FC(F)Oc1ccc(-c2cc3nccc(-c4cncs4)c3o2)cc1. The maximum atomic E-state index is 12.2. The summed E-state index contributed by atoms with van der Waals surface area (Å²) in [5.41, 5.74) is 4.83. The Morgan fingerprint density at radius 3 is 2.67 bits per heavy atom. The Morgan fingerprint density at radius 2 is 1.96 bits per heavy atom. The molecule has 0 bridgehead atoms. The van der Waals surface area contributed by atoms with Gasteiger partial charge in [0.15, 0.2) is 5.58 Å². The number of hydrogen-bond donors (Lipinski definition) is 0. The number of furan rings is 1. The van der Waals surface area contributed by atoms with E-state index in [9.17, 15) is 8.78 Å². The minimum absolute atomic E-state index is 0.105. The molecule has 0 unspecified atom stereocenters. The number of benzene rings is 1. The van der Waals surface area contributed by atoms with Gasteiger partial charge in [-0.25, -0.2) is 0 Å².